The SMILES string of the molecule is c1ccc(-c2cccc(-c3nc(-c4ccc5c(c4)sc4ccccc45)cc(-c4cc5c6ccccc6c6ccccc6c5c5sc6cc7ccccc7cc6c45)n3)c2)cc1. The highest BCUT2D eigenvalue weighted by Gasteiger charge is 2.22. The third-order valence-corrected chi connectivity index (χ3v) is 14.5. The van der Waals surface area contributed by atoms with Crippen LogP contribution in [0.15, 0.2) is 194 Å². The Bertz CT molecular complexity index is 3900. The monoisotopic (exact) mass is 796 g/mol. The third-order valence-electron chi connectivity index (χ3n) is 12.2. The van der Waals surface area contributed by atoms with E-state index in [0.29, 0.717) is 5.82 Å². The first kappa shape index (κ1) is 33.7. The molecule has 4 heteroatoms. The van der Waals surface area contributed by atoms with E-state index < -0.39 is 0 Å². The lowest BCUT2D eigenvalue weighted by Crippen LogP contribution is -1.97. The maximum atomic E-state index is 5.58. The van der Waals surface area contributed by atoms with E-state index in [-0.39, 0.29) is 0 Å². The Kier molecular flexibility index (Phi) is 7.38. The summed E-state index contributed by atoms with van der Waals surface area (Å²) in [6.45, 7) is 0. The molecule has 0 aliphatic heterocycles. The summed E-state index contributed by atoms with van der Waals surface area (Å²) in [5.74, 6) is 0.707. The molecule has 3 aromatic heterocycles. The molecule has 0 aliphatic rings. The highest BCUT2D eigenvalue weighted by Crippen LogP contribution is 2.49. The average Bonchev–Trinajstić information content (AvgIpc) is 3.88. The van der Waals surface area contributed by atoms with Gasteiger partial charge in [-0.05, 0) is 91.3 Å². The van der Waals surface area contributed by atoms with Gasteiger partial charge in [0.1, 0.15) is 0 Å². The van der Waals surface area contributed by atoms with Crippen molar-refractivity contribution in [1.29, 1.82) is 0 Å². The molecule has 0 spiro atoms. The van der Waals surface area contributed by atoms with E-state index in [0.717, 1.165) is 33.6 Å². The maximum Gasteiger partial charge on any atom is 0.160 e. The van der Waals surface area contributed by atoms with Crippen LogP contribution in [0.2, 0.25) is 0 Å². The molecule has 13 aromatic rings. The second-order valence-corrected chi connectivity index (χ2v) is 17.8. The largest absolute Gasteiger partial charge is 0.228 e. The van der Waals surface area contributed by atoms with Gasteiger partial charge in [0.2, 0.25) is 0 Å². The van der Waals surface area contributed by atoms with Gasteiger partial charge in [0, 0.05) is 62.4 Å². The Morgan fingerprint density at radius 2 is 0.917 bits per heavy atom. The van der Waals surface area contributed by atoms with Gasteiger partial charge in [0.05, 0.1) is 11.4 Å². The van der Waals surface area contributed by atoms with Crippen molar-refractivity contribution in [2.75, 3.05) is 0 Å². The van der Waals surface area contributed by atoms with Gasteiger partial charge >= 0.3 is 0 Å². The molecule has 13 rings (SSSR count). The molecule has 0 unspecified atom stereocenters. The van der Waals surface area contributed by atoms with E-state index in [9.17, 15) is 0 Å². The minimum atomic E-state index is 0.707. The molecule has 3 heterocycles. The zero-order chi connectivity index (χ0) is 39.3. The van der Waals surface area contributed by atoms with Crippen LogP contribution in [0.25, 0.3) is 128 Å². The van der Waals surface area contributed by atoms with Crippen LogP contribution in [-0.4, -0.2) is 9.97 Å². The minimum Gasteiger partial charge on any atom is -0.228 e. The molecule has 0 saturated carbocycles. The molecule has 0 saturated heterocycles. The van der Waals surface area contributed by atoms with Crippen LogP contribution in [0.1, 0.15) is 0 Å². The lowest BCUT2D eigenvalue weighted by atomic mass is 9.90. The molecule has 2 nitrogen and oxygen atoms in total. The molecule has 0 amide bonds. The normalized spacial score (nSPS) is 12.0. The molecule has 278 valence electrons. The van der Waals surface area contributed by atoms with E-state index in [1.54, 1.807) is 0 Å². The smallest absolute Gasteiger partial charge is 0.160 e. The quantitative estimate of drug-likeness (QED) is 0.166. The molecule has 10 aromatic carbocycles. The van der Waals surface area contributed by atoms with Crippen LogP contribution in [0, 0.1) is 0 Å². The molecule has 0 N–H and O–H groups in total. The Morgan fingerprint density at radius 1 is 0.300 bits per heavy atom. The summed E-state index contributed by atoms with van der Waals surface area (Å²) in [7, 11) is 0. The number of fused-ring (bicyclic) bond motifs is 14. The summed E-state index contributed by atoms with van der Waals surface area (Å²) in [4.78, 5) is 11.0. The van der Waals surface area contributed by atoms with Crippen LogP contribution in [-0.2, 0) is 0 Å². The molecule has 0 fully saturated rings. The van der Waals surface area contributed by atoms with Crippen molar-refractivity contribution in [2.45, 2.75) is 0 Å². The summed E-state index contributed by atoms with van der Waals surface area (Å²) >= 11 is 3.74. The van der Waals surface area contributed by atoms with Crippen molar-refractivity contribution < 1.29 is 0 Å². The predicted molar refractivity (Wildman–Crippen MR) is 260 cm³/mol. The number of hydrogen-bond acceptors (Lipinski definition) is 4. The van der Waals surface area contributed by atoms with Crippen LogP contribution < -0.4 is 0 Å². The van der Waals surface area contributed by atoms with Crippen LogP contribution >= 0.6 is 22.7 Å². The molecule has 0 aliphatic carbocycles. The van der Waals surface area contributed by atoms with Gasteiger partial charge in [-0.1, -0.05) is 152 Å². The molecule has 0 radical (unpaired) electrons. The summed E-state index contributed by atoms with van der Waals surface area (Å²) in [5, 5.41) is 15.1. The second kappa shape index (κ2) is 13.1. The van der Waals surface area contributed by atoms with Gasteiger partial charge in [-0.25, -0.2) is 9.97 Å². The van der Waals surface area contributed by atoms with Gasteiger partial charge in [-0.2, -0.15) is 0 Å². The van der Waals surface area contributed by atoms with Crippen molar-refractivity contribution in [2.24, 2.45) is 0 Å². The fourth-order valence-electron chi connectivity index (χ4n) is 9.42. The minimum absolute atomic E-state index is 0.707. The van der Waals surface area contributed by atoms with Crippen LogP contribution in [0.3, 0.4) is 0 Å². The zero-order valence-corrected chi connectivity index (χ0v) is 33.8. The standard InChI is InChI=1S/C56H32N2S2/c1-2-13-33(14-3-1)34-17-12-18-38(27-34)56-57-48(37-25-26-43-42-22-10-11-24-50(42)59-51(43)30-37)32-49(58-56)46-31-45-41-21-7-6-19-39(41)40-20-8-9-23-44(40)53(45)55-54(46)47-28-35-15-4-5-16-36(35)29-52(47)60-55/h1-32H. The summed E-state index contributed by atoms with van der Waals surface area (Å²) < 4.78 is 5.11. The van der Waals surface area contributed by atoms with E-state index in [4.69, 9.17) is 9.97 Å². The van der Waals surface area contributed by atoms with Gasteiger partial charge in [0.25, 0.3) is 0 Å². The highest BCUT2D eigenvalue weighted by molar-refractivity contribution is 7.27. The lowest BCUT2D eigenvalue weighted by Gasteiger charge is -2.15. The molecule has 60 heavy (non-hydrogen) atoms. The highest BCUT2D eigenvalue weighted by atomic mass is 32.1. The molecular formula is C56H32N2S2. The van der Waals surface area contributed by atoms with Crippen LogP contribution in [0.4, 0.5) is 0 Å². The van der Waals surface area contributed by atoms with Gasteiger partial charge in [0.15, 0.2) is 5.82 Å². The van der Waals surface area contributed by atoms with Crippen molar-refractivity contribution in [3.05, 3.63) is 194 Å². The third kappa shape index (κ3) is 5.18. The Balaban J connectivity index is 1.16. The van der Waals surface area contributed by atoms with E-state index in [1.165, 1.54) is 89.0 Å². The van der Waals surface area contributed by atoms with E-state index >= 15 is 0 Å². The second-order valence-electron chi connectivity index (χ2n) is 15.7. The van der Waals surface area contributed by atoms with Crippen LogP contribution in [0.5, 0.6) is 0 Å². The maximum absolute atomic E-state index is 5.58. The number of thiophene rings is 2. The summed E-state index contributed by atoms with van der Waals surface area (Å²) in [5.41, 5.74) is 7.29. The Hall–Kier alpha value is -7.24. The molecular weight excluding hydrogens is 765 g/mol. The van der Waals surface area contributed by atoms with Gasteiger partial charge in [-0.15, -0.1) is 22.7 Å². The van der Waals surface area contributed by atoms with Gasteiger partial charge < -0.3 is 0 Å². The van der Waals surface area contributed by atoms with Crippen molar-refractivity contribution >= 4 is 106 Å². The predicted octanol–water partition coefficient (Wildman–Crippen LogP) is 16.5. The first-order chi connectivity index (χ1) is 29.7. The number of benzene rings is 10. The average molecular weight is 797 g/mol. The topological polar surface area (TPSA) is 25.8 Å². The van der Waals surface area contributed by atoms with Crippen molar-refractivity contribution in [3.8, 4) is 45.0 Å². The van der Waals surface area contributed by atoms with E-state index in [2.05, 4.69) is 194 Å². The fourth-order valence-corrected chi connectivity index (χ4v) is 11.9. The van der Waals surface area contributed by atoms with Crippen molar-refractivity contribution in [3.63, 3.8) is 0 Å². The Morgan fingerprint density at radius 3 is 1.75 bits per heavy atom. The number of aromatic nitrogens is 2. The zero-order valence-electron chi connectivity index (χ0n) is 32.2. The summed E-state index contributed by atoms with van der Waals surface area (Å²) in [6.07, 6.45) is 0. The lowest BCUT2D eigenvalue weighted by molar-refractivity contribution is 1.19. The summed E-state index contributed by atoms with van der Waals surface area (Å²) in [6, 6.07) is 70.7. The molecule has 0 atom stereocenters. The fraction of sp³-hybridized carbons (Fsp3) is 0. The first-order valence-electron chi connectivity index (χ1n) is 20.3. The molecule has 0 bridgehead atoms. The first-order valence-corrected chi connectivity index (χ1v) is 21.9. The van der Waals surface area contributed by atoms with E-state index in [1.807, 2.05) is 22.7 Å². The Labute approximate surface area is 353 Å². The number of rotatable bonds is 4. The number of hydrogen-bond donors (Lipinski definition) is 0. The number of nitrogens with zero attached hydrogens (tertiary/aromatic N) is 2. The van der Waals surface area contributed by atoms with Gasteiger partial charge in [-0.3, -0.25) is 0 Å². The van der Waals surface area contributed by atoms with Crippen molar-refractivity contribution in [1.82, 2.24) is 9.97 Å².